The molecule has 6 atom stereocenters. The van der Waals surface area contributed by atoms with Crippen molar-refractivity contribution in [2.45, 2.75) is 44.2 Å². The number of fused-ring (bicyclic) bond motifs is 3. The lowest BCUT2D eigenvalue weighted by Crippen LogP contribution is -2.44. The van der Waals surface area contributed by atoms with Gasteiger partial charge in [-0.2, -0.15) is 0 Å². The second kappa shape index (κ2) is 2.31. The number of esters is 1. The van der Waals surface area contributed by atoms with E-state index >= 15 is 0 Å². The molecule has 2 heterocycles. The fraction of sp³-hybridized carbons (Fsp3) is 0.900. The molecule has 0 radical (unpaired) electrons. The Kier molecular flexibility index (Phi) is 1.43. The van der Waals surface area contributed by atoms with E-state index in [0.29, 0.717) is 6.42 Å². The standard InChI is InChI=1S/C10H14O4/c1-4-5-3-6(11)10(2)8(14-10)7(5)13-9(4)12/h4-8,11H,3H2,1-2H3/t4-,5-,6-,7+,8+,10-/m1/s1. The topological polar surface area (TPSA) is 59.1 Å². The maximum absolute atomic E-state index is 11.4. The molecule has 1 saturated carbocycles. The van der Waals surface area contributed by atoms with Gasteiger partial charge in [0.2, 0.25) is 0 Å². The Labute approximate surface area is 82.2 Å². The molecule has 78 valence electrons. The molecular weight excluding hydrogens is 184 g/mol. The first kappa shape index (κ1) is 8.68. The number of epoxide rings is 1. The van der Waals surface area contributed by atoms with Crippen LogP contribution in [0.1, 0.15) is 20.3 Å². The molecule has 0 amide bonds. The van der Waals surface area contributed by atoms with Gasteiger partial charge in [0.15, 0.2) is 0 Å². The van der Waals surface area contributed by atoms with Crippen molar-refractivity contribution in [2.75, 3.05) is 0 Å². The third kappa shape index (κ3) is 0.834. The Balaban J connectivity index is 1.90. The van der Waals surface area contributed by atoms with Crippen LogP contribution in [0.25, 0.3) is 0 Å². The average Bonchev–Trinajstić information content (AvgIpc) is 2.76. The first-order valence-electron chi connectivity index (χ1n) is 5.10. The molecule has 3 rings (SSSR count). The first-order valence-corrected chi connectivity index (χ1v) is 5.10. The summed E-state index contributed by atoms with van der Waals surface area (Å²) in [6.07, 6.45) is -0.0355. The molecule has 1 aliphatic carbocycles. The highest BCUT2D eigenvalue weighted by Gasteiger charge is 2.69. The van der Waals surface area contributed by atoms with Crippen molar-refractivity contribution in [1.29, 1.82) is 0 Å². The molecule has 3 fully saturated rings. The Hall–Kier alpha value is -0.610. The van der Waals surface area contributed by atoms with Gasteiger partial charge in [-0.1, -0.05) is 6.92 Å². The van der Waals surface area contributed by atoms with Crippen molar-refractivity contribution in [3.63, 3.8) is 0 Å². The minimum absolute atomic E-state index is 0.0786. The molecule has 0 aromatic carbocycles. The molecule has 4 heteroatoms. The first-order chi connectivity index (χ1) is 6.54. The van der Waals surface area contributed by atoms with Crippen molar-refractivity contribution in [2.24, 2.45) is 11.8 Å². The fourth-order valence-corrected chi connectivity index (χ4v) is 2.81. The SMILES string of the molecule is C[C@H]1C(=O)O[C@H]2[C@@H]1C[C@@H](O)[C@@]1(C)O[C@@H]21. The number of hydrogen-bond donors (Lipinski definition) is 1. The van der Waals surface area contributed by atoms with E-state index in [-0.39, 0.29) is 30.0 Å². The minimum Gasteiger partial charge on any atom is -0.459 e. The van der Waals surface area contributed by atoms with Gasteiger partial charge in [0, 0.05) is 5.92 Å². The largest absolute Gasteiger partial charge is 0.459 e. The van der Waals surface area contributed by atoms with Crippen LogP contribution in [0.2, 0.25) is 0 Å². The van der Waals surface area contributed by atoms with E-state index in [4.69, 9.17) is 9.47 Å². The smallest absolute Gasteiger partial charge is 0.309 e. The van der Waals surface area contributed by atoms with Crippen LogP contribution in [0.4, 0.5) is 0 Å². The summed E-state index contributed by atoms with van der Waals surface area (Å²) >= 11 is 0. The van der Waals surface area contributed by atoms with E-state index in [0.717, 1.165) is 0 Å². The van der Waals surface area contributed by atoms with Gasteiger partial charge < -0.3 is 14.6 Å². The van der Waals surface area contributed by atoms with Crippen molar-refractivity contribution < 1.29 is 19.4 Å². The molecule has 2 aliphatic heterocycles. The van der Waals surface area contributed by atoms with Crippen molar-refractivity contribution >= 4 is 5.97 Å². The highest BCUT2D eigenvalue weighted by atomic mass is 16.7. The van der Waals surface area contributed by atoms with Crippen molar-refractivity contribution in [1.82, 2.24) is 0 Å². The van der Waals surface area contributed by atoms with E-state index in [2.05, 4.69) is 0 Å². The summed E-state index contributed by atoms with van der Waals surface area (Å²) in [7, 11) is 0. The number of aliphatic hydroxyl groups is 1. The Morgan fingerprint density at radius 2 is 2.29 bits per heavy atom. The zero-order chi connectivity index (χ0) is 10.1. The molecule has 0 aromatic rings. The summed E-state index contributed by atoms with van der Waals surface area (Å²) in [4.78, 5) is 11.4. The monoisotopic (exact) mass is 198 g/mol. The molecular formula is C10H14O4. The summed E-state index contributed by atoms with van der Waals surface area (Å²) in [5.41, 5.74) is -0.453. The van der Waals surface area contributed by atoms with Gasteiger partial charge >= 0.3 is 5.97 Å². The predicted molar refractivity (Wildman–Crippen MR) is 46.4 cm³/mol. The minimum atomic E-state index is -0.453. The summed E-state index contributed by atoms with van der Waals surface area (Å²) in [5.74, 6) is -0.103. The van der Waals surface area contributed by atoms with E-state index < -0.39 is 11.7 Å². The molecule has 0 aromatic heterocycles. The second-order valence-corrected chi connectivity index (χ2v) is 4.83. The summed E-state index contributed by atoms with van der Waals surface area (Å²) < 4.78 is 10.7. The Bertz CT molecular complexity index is 302. The maximum atomic E-state index is 11.4. The Morgan fingerprint density at radius 1 is 1.57 bits per heavy atom. The zero-order valence-electron chi connectivity index (χ0n) is 8.27. The molecule has 0 spiro atoms. The number of ether oxygens (including phenoxy) is 2. The lowest BCUT2D eigenvalue weighted by atomic mass is 9.75. The number of carbonyl (C=O) groups is 1. The molecule has 4 nitrogen and oxygen atoms in total. The normalized spacial score (nSPS) is 60.2. The van der Waals surface area contributed by atoms with Crippen LogP contribution in [0, 0.1) is 11.8 Å². The third-order valence-electron chi connectivity index (χ3n) is 4.03. The molecule has 2 saturated heterocycles. The third-order valence-corrected chi connectivity index (χ3v) is 4.03. The van der Waals surface area contributed by atoms with Crippen molar-refractivity contribution in [3.05, 3.63) is 0 Å². The van der Waals surface area contributed by atoms with Gasteiger partial charge in [-0.05, 0) is 13.3 Å². The Morgan fingerprint density at radius 3 is 3.00 bits per heavy atom. The number of carbonyl (C=O) groups excluding carboxylic acids is 1. The van der Waals surface area contributed by atoms with E-state index in [1.54, 1.807) is 0 Å². The lowest BCUT2D eigenvalue weighted by molar-refractivity contribution is -0.144. The van der Waals surface area contributed by atoms with Crippen LogP contribution in [0.3, 0.4) is 0 Å². The van der Waals surface area contributed by atoms with Crippen molar-refractivity contribution in [3.8, 4) is 0 Å². The summed E-state index contributed by atoms with van der Waals surface area (Å²) in [5, 5.41) is 9.84. The fourth-order valence-electron chi connectivity index (χ4n) is 2.81. The van der Waals surface area contributed by atoms with Gasteiger partial charge in [0.05, 0.1) is 12.0 Å². The zero-order valence-corrected chi connectivity index (χ0v) is 8.27. The van der Waals surface area contributed by atoms with E-state index in [1.807, 2.05) is 13.8 Å². The van der Waals surface area contributed by atoms with Gasteiger partial charge in [-0.25, -0.2) is 0 Å². The van der Waals surface area contributed by atoms with Crippen LogP contribution >= 0.6 is 0 Å². The number of hydrogen-bond acceptors (Lipinski definition) is 4. The lowest BCUT2D eigenvalue weighted by Gasteiger charge is -2.28. The molecule has 3 aliphatic rings. The summed E-state index contributed by atoms with van der Waals surface area (Å²) in [6.45, 7) is 3.75. The predicted octanol–water partition coefficient (Wildman–Crippen LogP) is 0.0862. The summed E-state index contributed by atoms with van der Waals surface area (Å²) in [6, 6.07) is 0. The van der Waals surface area contributed by atoms with Crippen LogP contribution in [0.15, 0.2) is 0 Å². The molecule has 0 unspecified atom stereocenters. The van der Waals surface area contributed by atoms with Gasteiger partial charge in [-0.15, -0.1) is 0 Å². The molecule has 14 heavy (non-hydrogen) atoms. The van der Waals surface area contributed by atoms with E-state index in [1.165, 1.54) is 0 Å². The highest BCUT2D eigenvalue weighted by molar-refractivity contribution is 5.75. The number of aliphatic hydroxyl groups excluding tert-OH is 1. The van der Waals surface area contributed by atoms with E-state index in [9.17, 15) is 9.90 Å². The second-order valence-electron chi connectivity index (χ2n) is 4.83. The maximum Gasteiger partial charge on any atom is 0.309 e. The van der Waals surface area contributed by atoms with Gasteiger partial charge in [-0.3, -0.25) is 4.79 Å². The quantitative estimate of drug-likeness (QED) is 0.442. The molecule has 1 N–H and O–H groups in total. The van der Waals surface area contributed by atoms with Crippen LogP contribution in [-0.2, 0) is 14.3 Å². The van der Waals surface area contributed by atoms with Crippen LogP contribution < -0.4 is 0 Å². The molecule has 0 bridgehead atoms. The average molecular weight is 198 g/mol. The van der Waals surface area contributed by atoms with Crippen LogP contribution in [0.5, 0.6) is 0 Å². The highest BCUT2D eigenvalue weighted by Crippen LogP contribution is 2.54. The van der Waals surface area contributed by atoms with Crippen LogP contribution in [-0.4, -0.2) is 35.0 Å². The van der Waals surface area contributed by atoms with Gasteiger partial charge in [0.1, 0.15) is 17.8 Å². The van der Waals surface area contributed by atoms with Gasteiger partial charge in [0.25, 0.3) is 0 Å². The number of rotatable bonds is 0.